The van der Waals surface area contributed by atoms with E-state index < -0.39 is 0 Å². The fourth-order valence-corrected chi connectivity index (χ4v) is 4.04. The van der Waals surface area contributed by atoms with Crippen molar-refractivity contribution in [2.45, 2.75) is 38.4 Å². The van der Waals surface area contributed by atoms with Gasteiger partial charge < -0.3 is 20.1 Å². The molecule has 1 aromatic carbocycles. The van der Waals surface area contributed by atoms with Crippen LogP contribution in [0.1, 0.15) is 24.2 Å². The molecule has 1 aliphatic rings. The van der Waals surface area contributed by atoms with Gasteiger partial charge in [0.1, 0.15) is 5.82 Å². The average Bonchev–Trinajstić information content (AvgIpc) is 3.47. The Kier molecular flexibility index (Phi) is 7.32. The monoisotopic (exact) mass is 435 g/mol. The van der Waals surface area contributed by atoms with Gasteiger partial charge in [-0.25, -0.2) is 14.4 Å². The Morgan fingerprint density at radius 1 is 1.16 bits per heavy atom. The smallest absolute Gasteiger partial charge is 0.191 e. The van der Waals surface area contributed by atoms with Gasteiger partial charge in [-0.05, 0) is 37.0 Å². The van der Waals surface area contributed by atoms with E-state index in [4.69, 9.17) is 0 Å². The first-order valence-electron chi connectivity index (χ1n) is 11.1. The first-order valence-corrected chi connectivity index (χ1v) is 11.1. The minimum atomic E-state index is -0.283. The molecule has 0 saturated carbocycles. The molecule has 2 aromatic heterocycles. The van der Waals surface area contributed by atoms with Gasteiger partial charge in [0.25, 0.3) is 0 Å². The molecular weight excluding hydrogens is 405 g/mol. The molecule has 0 aliphatic carbocycles. The molecule has 0 radical (unpaired) electrons. The topological polar surface area (TPSA) is 70.4 Å². The summed E-state index contributed by atoms with van der Waals surface area (Å²) < 4.78 is 16.2. The highest BCUT2D eigenvalue weighted by atomic mass is 19.1. The fraction of sp³-hybridized carbons (Fsp3) is 0.375. The second-order valence-electron chi connectivity index (χ2n) is 7.94. The highest BCUT2D eigenvalue weighted by Gasteiger charge is 2.26. The number of halogens is 1. The molecule has 1 atom stereocenters. The van der Waals surface area contributed by atoms with Gasteiger partial charge in [0, 0.05) is 51.3 Å². The Morgan fingerprint density at radius 2 is 2.03 bits per heavy atom. The van der Waals surface area contributed by atoms with E-state index in [-0.39, 0.29) is 11.9 Å². The number of nitrogens with zero attached hydrogens (tertiary/aromatic N) is 5. The number of benzene rings is 1. The molecule has 1 fully saturated rings. The number of nitrogens with one attached hydrogen (secondary N) is 2. The number of guanidine groups is 1. The molecule has 1 saturated heterocycles. The van der Waals surface area contributed by atoms with Crippen LogP contribution in [-0.4, -0.2) is 46.7 Å². The van der Waals surface area contributed by atoms with Crippen molar-refractivity contribution in [1.82, 2.24) is 25.2 Å². The molecule has 3 aromatic rings. The predicted octanol–water partition coefficient (Wildman–Crippen LogP) is 2.99. The summed E-state index contributed by atoms with van der Waals surface area (Å²) in [5.41, 5.74) is 1.35. The SMILES string of the molecule is CN=C(NCc1nccn1CCCc1ccccc1)NC1CCN(c2ncccc2F)C1. The minimum Gasteiger partial charge on any atom is -0.352 e. The zero-order valence-electron chi connectivity index (χ0n) is 18.4. The van der Waals surface area contributed by atoms with E-state index in [1.807, 2.05) is 23.4 Å². The molecule has 1 aliphatic heterocycles. The first kappa shape index (κ1) is 21.8. The summed E-state index contributed by atoms with van der Waals surface area (Å²) >= 11 is 0. The Hall–Kier alpha value is -3.42. The summed E-state index contributed by atoms with van der Waals surface area (Å²) in [5, 5.41) is 6.80. The van der Waals surface area contributed by atoms with Crippen LogP contribution in [0.5, 0.6) is 0 Å². The number of hydrogen-bond acceptors (Lipinski definition) is 4. The maximum atomic E-state index is 14.0. The molecule has 3 heterocycles. The molecule has 4 rings (SSSR count). The van der Waals surface area contributed by atoms with Crippen molar-refractivity contribution < 1.29 is 4.39 Å². The molecule has 7 nitrogen and oxygen atoms in total. The van der Waals surface area contributed by atoms with Gasteiger partial charge in [-0.2, -0.15) is 0 Å². The van der Waals surface area contributed by atoms with Crippen LogP contribution in [-0.2, 0) is 19.5 Å². The van der Waals surface area contributed by atoms with Crippen LogP contribution >= 0.6 is 0 Å². The van der Waals surface area contributed by atoms with Gasteiger partial charge >= 0.3 is 0 Å². The Labute approximate surface area is 188 Å². The molecular formula is C24H30FN7. The van der Waals surface area contributed by atoms with E-state index in [2.05, 4.69) is 54.4 Å². The van der Waals surface area contributed by atoms with E-state index in [0.717, 1.165) is 44.1 Å². The van der Waals surface area contributed by atoms with Crippen molar-refractivity contribution in [2.75, 3.05) is 25.0 Å². The van der Waals surface area contributed by atoms with E-state index in [1.165, 1.54) is 11.6 Å². The van der Waals surface area contributed by atoms with Gasteiger partial charge in [0.15, 0.2) is 17.6 Å². The maximum absolute atomic E-state index is 14.0. The highest BCUT2D eigenvalue weighted by Crippen LogP contribution is 2.20. The van der Waals surface area contributed by atoms with Crippen LogP contribution in [0.2, 0.25) is 0 Å². The van der Waals surface area contributed by atoms with Crippen LogP contribution in [0, 0.1) is 5.82 Å². The number of imidazole rings is 1. The lowest BCUT2D eigenvalue weighted by molar-refractivity contribution is 0.593. The van der Waals surface area contributed by atoms with Gasteiger partial charge in [-0.15, -0.1) is 0 Å². The number of aryl methyl sites for hydroxylation is 2. The summed E-state index contributed by atoms with van der Waals surface area (Å²) in [6.07, 6.45) is 8.49. The molecule has 1 unspecified atom stereocenters. The predicted molar refractivity (Wildman–Crippen MR) is 125 cm³/mol. The minimum absolute atomic E-state index is 0.174. The third kappa shape index (κ3) is 5.63. The first-order chi connectivity index (χ1) is 15.7. The normalized spacial score (nSPS) is 16.4. The zero-order valence-corrected chi connectivity index (χ0v) is 18.4. The van der Waals surface area contributed by atoms with Crippen molar-refractivity contribution in [3.05, 3.63) is 78.3 Å². The third-order valence-electron chi connectivity index (χ3n) is 5.71. The lowest BCUT2D eigenvalue weighted by Crippen LogP contribution is -2.44. The third-order valence-corrected chi connectivity index (χ3v) is 5.71. The molecule has 2 N–H and O–H groups in total. The van der Waals surface area contributed by atoms with E-state index in [1.54, 1.807) is 19.3 Å². The largest absolute Gasteiger partial charge is 0.352 e. The molecule has 8 heteroatoms. The molecule has 0 amide bonds. The molecule has 168 valence electrons. The molecule has 0 bridgehead atoms. The number of pyridine rings is 1. The summed E-state index contributed by atoms with van der Waals surface area (Å²) in [4.78, 5) is 15.0. The quantitative estimate of drug-likeness (QED) is 0.421. The number of anilines is 1. The van der Waals surface area contributed by atoms with E-state index in [0.29, 0.717) is 18.9 Å². The fourth-order valence-electron chi connectivity index (χ4n) is 4.04. The number of aliphatic imine (C=N–C) groups is 1. The van der Waals surface area contributed by atoms with Crippen LogP contribution in [0.25, 0.3) is 0 Å². The number of hydrogen-bond donors (Lipinski definition) is 2. The van der Waals surface area contributed by atoms with Crippen molar-refractivity contribution in [2.24, 2.45) is 4.99 Å². The number of rotatable bonds is 8. The van der Waals surface area contributed by atoms with Crippen molar-refractivity contribution >= 4 is 11.8 Å². The second-order valence-corrected chi connectivity index (χ2v) is 7.94. The lowest BCUT2D eigenvalue weighted by atomic mass is 10.1. The lowest BCUT2D eigenvalue weighted by Gasteiger charge is -2.20. The van der Waals surface area contributed by atoms with Crippen molar-refractivity contribution in [3.8, 4) is 0 Å². The average molecular weight is 436 g/mol. The summed E-state index contributed by atoms with van der Waals surface area (Å²) in [5.74, 6) is 1.83. The summed E-state index contributed by atoms with van der Waals surface area (Å²) in [6, 6.07) is 13.8. The van der Waals surface area contributed by atoms with Gasteiger partial charge in [-0.1, -0.05) is 30.3 Å². The van der Waals surface area contributed by atoms with E-state index >= 15 is 0 Å². The van der Waals surface area contributed by atoms with Gasteiger partial charge in [-0.3, -0.25) is 4.99 Å². The van der Waals surface area contributed by atoms with Crippen LogP contribution in [0.3, 0.4) is 0 Å². The maximum Gasteiger partial charge on any atom is 0.191 e. The van der Waals surface area contributed by atoms with Gasteiger partial charge in [0.2, 0.25) is 0 Å². The Balaban J connectivity index is 1.25. The van der Waals surface area contributed by atoms with Gasteiger partial charge in [0.05, 0.1) is 6.54 Å². The Bertz CT molecular complexity index is 1020. The van der Waals surface area contributed by atoms with Crippen LogP contribution in [0.4, 0.5) is 10.2 Å². The van der Waals surface area contributed by atoms with Crippen LogP contribution in [0.15, 0.2) is 66.0 Å². The summed E-state index contributed by atoms with van der Waals surface area (Å²) in [7, 11) is 1.76. The zero-order chi connectivity index (χ0) is 22.2. The summed E-state index contributed by atoms with van der Waals surface area (Å²) in [6.45, 7) is 2.95. The van der Waals surface area contributed by atoms with Crippen molar-refractivity contribution in [1.29, 1.82) is 0 Å². The second kappa shape index (κ2) is 10.7. The molecule has 32 heavy (non-hydrogen) atoms. The number of aromatic nitrogens is 3. The molecule has 0 spiro atoms. The van der Waals surface area contributed by atoms with E-state index in [9.17, 15) is 4.39 Å². The Morgan fingerprint density at radius 3 is 2.84 bits per heavy atom. The highest BCUT2D eigenvalue weighted by molar-refractivity contribution is 5.80. The van der Waals surface area contributed by atoms with Crippen LogP contribution < -0.4 is 15.5 Å². The standard InChI is InChI=1S/C24H30FN7/c1-26-24(30-20-11-15-32(18-20)23-21(25)10-5-12-28-23)29-17-22-27-13-16-31(22)14-6-9-19-7-3-2-4-8-19/h2-5,7-8,10,12-13,16,20H,6,9,11,14-15,17-18H2,1H3,(H2,26,29,30). The van der Waals surface area contributed by atoms with Crippen molar-refractivity contribution in [3.63, 3.8) is 0 Å².